The molecule has 0 heterocycles. The molecule has 0 radical (unpaired) electrons. The van der Waals surface area contributed by atoms with E-state index in [0.29, 0.717) is 13.0 Å². The first-order valence-electron chi connectivity index (χ1n) is 6.14. The lowest BCUT2D eigenvalue weighted by Crippen LogP contribution is -2.29. The average Bonchev–Trinajstić information content (AvgIpc) is 2.28. The van der Waals surface area contributed by atoms with Gasteiger partial charge in [0.1, 0.15) is 5.82 Å². The van der Waals surface area contributed by atoms with Crippen LogP contribution < -0.4 is 5.32 Å². The summed E-state index contributed by atoms with van der Waals surface area (Å²) in [5.74, 6) is -0.807. The van der Waals surface area contributed by atoms with Crippen molar-refractivity contribution in [2.45, 2.75) is 33.3 Å². The Hall–Kier alpha value is -1.42. The first-order chi connectivity index (χ1) is 8.41. The van der Waals surface area contributed by atoms with Crippen LogP contribution in [0.2, 0.25) is 0 Å². The Labute approximate surface area is 107 Å². The van der Waals surface area contributed by atoms with E-state index in [-0.39, 0.29) is 11.5 Å². The summed E-state index contributed by atoms with van der Waals surface area (Å²) in [6.07, 6.45) is 0.0184. The Balaban J connectivity index is 2.51. The topological polar surface area (TPSA) is 49.3 Å². The Kier molecular flexibility index (Phi) is 5.28. The van der Waals surface area contributed by atoms with Gasteiger partial charge >= 0.3 is 0 Å². The summed E-state index contributed by atoms with van der Waals surface area (Å²) >= 11 is 0. The van der Waals surface area contributed by atoms with Gasteiger partial charge in [0.15, 0.2) is 0 Å². The number of nitrogens with one attached hydrogen (secondary N) is 1. The minimum atomic E-state index is -0.517. The molecule has 1 amide bonds. The molecule has 0 aromatic heterocycles. The van der Waals surface area contributed by atoms with E-state index in [1.54, 1.807) is 13.0 Å². The molecule has 2 N–H and O–H groups in total. The molecular formula is C14H20FNO2. The monoisotopic (exact) mass is 253 g/mol. The third kappa shape index (κ3) is 4.11. The maximum atomic E-state index is 13.5. The van der Waals surface area contributed by atoms with Crippen molar-refractivity contribution >= 4 is 5.91 Å². The average molecular weight is 253 g/mol. The summed E-state index contributed by atoms with van der Waals surface area (Å²) < 4.78 is 13.5. The Morgan fingerprint density at radius 1 is 1.44 bits per heavy atom. The van der Waals surface area contributed by atoms with E-state index < -0.39 is 17.8 Å². The van der Waals surface area contributed by atoms with Crippen LogP contribution in [-0.2, 0) is 0 Å². The number of aryl methyl sites for hydroxylation is 1. The molecule has 0 saturated heterocycles. The van der Waals surface area contributed by atoms with Gasteiger partial charge in [0.05, 0.1) is 11.7 Å². The van der Waals surface area contributed by atoms with Crippen LogP contribution >= 0.6 is 0 Å². The number of rotatable bonds is 5. The van der Waals surface area contributed by atoms with Gasteiger partial charge in [-0.2, -0.15) is 0 Å². The molecule has 1 rings (SSSR count). The first kappa shape index (κ1) is 14.6. The van der Waals surface area contributed by atoms with Gasteiger partial charge in [-0.1, -0.05) is 19.9 Å². The molecule has 3 nitrogen and oxygen atoms in total. The standard InChI is InChI=1S/C14H20FNO2/c1-9(2)13(17)6-7-16-14(18)11-5-4-10(3)8-12(11)15/h4-5,8-9,13,17H,6-7H2,1-3H3,(H,16,18). The fourth-order valence-electron chi connectivity index (χ4n) is 1.57. The zero-order chi connectivity index (χ0) is 13.7. The van der Waals surface area contributed by atoms with Crippen LogP contribution in [0, 0.1) is 18.7 Å². The summed E-state index contributed by atoms with van der Waals surface area (Å²) in [4.78, 5) is 11.7. The number of benzene rings is 1. The molecule has 18 heavy (non-hydrogen) atoms. The quantitative estimate of drug-likeness (QED) is 0.845. The fraction of sp³-hybridized carbons (Fsp3) is 0.500. The van der Waals surface area contributed by atoms with E-state index in [1.807, 2.05) is 13.8 Å². The minimum absolute atomic E-state index is 0.0413. The Morgan fingerprint density at radius 3 is 2.67 bits per heavy atom. The second-order valence-electron chi connectivity index (χ2n) is 4.84. The predicted molar refractivity (Wildman–Crippen MR) is 68.9 cm³/mol. The molecule has 1 aromatic rings. The minimum Gasteiger partial charge on any atom is -0.393 e. The van der Waals surface area contributed by atoms with E-state index in [2.05, 4.69) is 5.32 Å². The highest BCUT2D eigenvalue weighted by atomic mass is 19.1. The molecule has 0 aliphatic heterocycles. The lowest BCUT2D eigenvalue weighted by molar-refractivity contribution is 0.0916. The lowest BCUT2D eigenvalue weighted by atomic mass is 10.0. The Morgan fingerprint density at radius 2 is 2.11 bits per heavy atom. The van der Waals surface area contributed by atoms with Gasteiger partial charge in [0.2, 0.25) is 0 Å². The first-order valence-corrected chi connectivity index (χ1v) is 6.14. The van der Waals surface area contributed by atoms with Gasteiger partial charge < -0.3 is 10.4 Å². The number of hydrogen-bond donors (Lipinski definition) is 2. The molecule has 0 spiro atoms. The van der Waals surface area contributed by atoms with E-state index in [9.17, 15) is 14.3 Å². The molecule has 1 atom stereocenters. The smallest absolute Gasteiger partial charge is 0.254 e. The van der Waals surface area contributed by atoms with Crippen LogP contribution in [0.1, 0.15) is 36.2 Å². The summed E-state index contributed by atoms with van der Waals surface area (Å²) in [6.45, 7) is 5.92. The molecule has 0 aliphatic carbocycles. The number of aliphatic hydroxyl groups is 1. The maximum Gasteiger partial charge on any atom is 0.254 e. The van der Waals surface area contributed by atoms with Crippen LogP contribution in [0.5, 0.6) is 0 Å². The van der Waals surface area contributed by atoms with Gasteiger partial charge in [-0.3, -0.25) is 4.79 Å². The third-order valence-electron chi connectivity index (χ3n) is 2.86. The SMILES string of the molecule is Cc1ccc(C(=O)NCCC(O)C(C)C)c(F)c1. The normalized spacial score (nSPS) is 12.6. The second-order valence-corrected chi connectivity index (χ2v) is 4.84. The summed E-state index contributed by atoms with van der Waals surface area (Å²) in [6, 6.07) is 4.50. The fourth-order valence-corrected chi connectivity index (χ4v) is 1.57. The van der Waals surface area contributed by atoms with Crippen LogP contribution in [-0.4, -0.2) is 23.7 Å². The van der Waals surface area contributed by atoms with Crippen LogP contribution in [0.15, 0.2) is 18.2 Å². The molecule has 4 heteroatoms. The molecule has 0 bridgehead atoms. The van der Waals surface area contributed by atoms with Gasteiger partial charge in [0.25, 0.3) is 5.91 Å². The molecule has 0 fully saturated rings. The predicted octanol–water partition coefficient (Wildman–Crippen LogP) is 2.27. The van der Waals surface area contributed by atoms with Crippen LogP contribution in [0.25, 0.3) is 0 Å². The summed E-state index contributed by atoms with van der Waals surface area (Å²) in [7, 11) is 0. The lowest BCUT2D eigenvalue weighted by Gasteiger charge is -2.14. The largest absolute Gasteiger partial charge is 0.393 e. The van der Waals surface area contributed by atoms with Crippen LogP contribution in [0.3, 0.4) is 0 Å². The van der Waals surface area contributed by atoms with E-state index in [0.717, 1.165) is 5.56 Å². The zero-order valence-corrected chi connectivity index (χ0v) is 11.0. The van der Waals surface area contributed by atoms with E-state index >= 15 is 0 Å². The molecule has 0 saturated carbocycles. The highest BCUT2D eigenvalue weighted by molar-refractivity contribution is 5.94. The van der Waals surface area contributed by atoms with Crippen molar-refractivity contribution in [1.82, 2.24) is 5.32 Å². The number of amides is 1. The molecular weight excluding hydrogens is 233 g/mol. The highest BCUT2D eigenvalue weighted by Crippen LogP contribution is 2.10. The third-order valence-corrected chi connectivity index (χ3v) is 2.86. The second kappa shape index (κ2) is 6.50. The highest BCUT2D eigenvalue weighted by Gasteiger charge is 2.13. The van der Waals surface area contributed by atoms with Crippen molar-refractivity contribution < 1.29 is 14.3 Å². The molecule has 1 aromatic carbocycles. The van der Waals surface area contributed by atoms with Crippen molar-refractivity contribution in [2.75, 3.05) is 6.54 Å². The molecule has 100 valence electrons. The zero-order valence-electron chi connectivity index (χ0n) is 11.0. The van der Waals surface area contributed by atoms with E-state index in [4.69, 9.17) is 0 Å². The Bertz CT molecular complexity index is 418. The number of hydrogen-bond acceptors (Lipinski definition) is 2. The van der Waals surface area contributed by atoms with Crippen molar-refractivity contribution in [3.8, 4) is 0 Å². The maximum absolute atomic E-state index is 13.5. The number of halogens is 1. The van der Waals surface area contributed by atoms with Crippen molar-refractivity contribution in [3.63, 3.8) is 0 Å². The molecule has 1 unspecified atom stereocenters. The number of aliphatic hydroxyl groups excluding tert-OH is 1. The summed E-state index contributed by atoms with van der Waals surface area (Å²) in [5, 5.41) is 12.2. The van der Waals surface area contributed by atoms with Gasteiger partial charge in [0, 0.05) is 6.54 Å². The van der Waals surface area contributed by atoms with Crippen molar-refractivity contribution in [3.05, 3.63) is 35.1 Å². The van der Waals surface area contributed by atoms with Crippen LogP contribution in [0.4, 0.5) is 4.39 Å². The number of carbonyl (C=O) groups is 1. The van der Waals surface area contributed by atoms with Gasteiger partial charge in [-0.05, 0) is 37.0 Å². The summed E-state index contributed by atoms with van der Waals surface area (Å²) in [5.41, 5.74) is 0.818. The van der Waals surface area contributed by atoms with Crippen molar-refractivity contribution in [2.24, 2.45) is 5.92 Å². The van der Waals surface area contributed by atoms with E-state index in [1.165, 1.54) is 12.1 Å². The molecule has 0 aliphatic rings. The van der Waals surface area contributed by atoms with Gasteiger partial charge in [-0.15, -0.1) is 0 Å². The van der Waals surface area contributed by atoms with Gasteiger partial charge in [-0.25, -0.2) is 4.39 Å². The number of carbonyl (C=O) groups excluding carboxylic acids is 1. The van der Waals surface area contributed by atoms with Crippen molar-refractivity contribution in [1.29, 1.82) is 0 Å².